The van der Waals surface area contributed by atoms with Gasteiger partial charge in [-0.25, -0.2) is 4.98 Å². The third kappa shape index (κ3) is 5.76. The largest absolute Gasteiger partial charge is 0.378 e. The van der Waals surface area contributed by atoms with E-state index in [1.807, 2.05) is 16.5 Å². The number of hydrogen-bond donors (Lipinski definition) is 1. The van der Waals surface area contributed by atoms with E-state index in [0.29, 0.717) is 13.0 Å². The maximum atomic E-state index is 12.4. The zero-order chi connectivity index (χ0) is 14.5. The van der Waals surface area contributed by atoms with Crippen molar-refractivity contribution in [3.8, 4) is 0 Å². The average Bonchev–Trinajstić information content (AvgIpc) is 2.93. The molecule has 3 rings (SSSR count). The summed E-state index contributed by atoms with van der Waals surface area (Å²) in [5.41, 5.74) is 0. The van der Waals surface area contributed by atoms with Gasteiger partial charge in [0.05, 0.1) is 13.2 Å². The Morgan fingerprint density at radius 2 is 2.22 bits per heavy atom. The van der Waals surface area contributed by atoms with Gasteiger partial charge in [0.2, 0.25) is 5.91 Å². The lowest BCUT2D eigenvalue weighted by Crippen LogP contribution is -2.45. The minimum absolute atomic E-state index is 0. The van der Waals surface area contributed by atoms with Gasteiger partial charge in [0.25, 0.3) is 0 Å². The minimum Gasteiger partial charge on any atom is -0.378 e. The summed E-state index contributed by atoms with van der Waals surface area (Å²) in [7, 11) is 0. The number of ether oxygens (including phenoxy) is 1. The van der Waals surface area contributed by atoms with Crippen LogP contribution in [0.2, 0.25) is 0 Å². The molecule has 0 spiro atoms. The van der Waals surface area contributed by atoms with Crippen molar-refractivity contribution < 1.29 is 9.53 Å². The first kappa shape index (κ1) is 20.4. The molecular formula is C14H24Cl2N4O2S. The summed E-state index contributed by atoms with van der Waals surface area (Å²) < 4.78 is 5.41. The van der Waals surface area contributed by atoms with Crippen LogP contribution in [0.4, 0.5) is 5.13 Å². The number of amides is 1. The fraction of sp³-hybridized carbons (Fsp3) is 0.714. The van der Waals surface area contributed by atoms with Gasteiger partial charge >= 0.3 is 0 Å². The first-order valence-electron chi connectivity index (χ1n) is 7.56. The lowest BCUT2D eigenvalue weighted by atomic mass is 10.1. The van der Waals surface area contributed by atoms with Gasteiger partial charge in [-0.15, -0.1) is 36.2 Å². The maximum Gasteiger partial charge on any atom is 0.224 e. The molecule has 1 aromatic heterocycles. The van der Waals surface area contributed by atoms with E-state index in [-0.39, 0.29) is 36.8 Å². The predicted molar refractivity (Wildman–Crippen MR) is 97.2 cm³/mol. The second-order valence-corrected chi connectivity index (χ2v) is 6.34. The fourth-order valence-corrected chi connectivity index (χ4v) is 3.52. The molecule has 132 valence electrons. The number of thiazole rings is 1. The molecule has 2 aliphatic rings. The molecule has 3 heterocycles. The van der Waals surface area contributed by atoms with Crippen molar-refractivity contribution in [3.05, 3.63) is 11.6 Å². The fourth-order valence-electron chi connectivity index (χ4n) is 2.82. The van der Waals surface area contributed by atoms with E-state index in [1.165, 1.54) is 0 Å². The number of carbonyl (C=O) groups excluding carboxylic acids is 1. The molecule has 1 amide bonds. The molecule has 0 aliphatic carbocycles. The van der Waals surface area contributed by atoms with E-state index in [4.69, 9.17) is 4.74 Å². The summed E-state index contributed by atoms with van der Waals surface area (Å²) in [6, 6.07) is 0.171. The molecule has 23 heavy (non-hydrogen) atoms. The summed E-state index contributed by atoms with van der Waals surface area (Å²) in [6.45, 7) is 5.70. The summed E-state index contributed by atoms with van der Waals surface area (Å²) in [6.07, 6.45) is 3.37. The van der Waals surface area contributed by atoms with Crippen molar-refractivity contribution in [3.63, 3.8) is 0 Å². The van der Waals surface area contributed by atoms with Gasteiger partial charge in [-0.05, 0) is 6.42 Å². The Kier molecular flexibility index (Phi) is 9.16. The van der Waals surface area contributed by atoms with Gasteiger partial charge in [-0.3, -0.25) is 4.79 Å². The van der Waals surface area contributed by atoms with Crippen LogP contribution in [0.15, 0.2) is 11.6 Å². The molecule has 9 heteroatoms. The van der Waals surface area contributed by atoms with Crippen molar-refractivity contribution >= 4 is 47.2 Å². The number of rotatable bonds is 3. The maximum absolute atomic E-state index is 12.4. The normalized spacial score (nSPS) is 21.8. The molecular weight excluding hydrogens is 359 g/mol. The number of carbonyl (C=O) groups is 1. The standard InChI is InChI=1S/C14H22N4O2S.2ClH/c19-13(10-12-11-20-8-2-15-12)17-4-1-5-18(7-6-17)14-16-3-9-21-14;;/h3,9,12,15H,1-2,4-8,10-11H2;2*1H. The molecule has 6 nitrogen and oxygen atoms in total. The van der Waals surface area contributed by atoms with Crippen molar-refractivity contribution in [1.82, 2.24) is 15.2 Å². The summed E-state index contributed by atoms with van der Waals surface area (Å²) in [5.74, 6) is 0.235. The Hall–Kier alpha value is -0.600. The number of morpholine rings is 1. The average molecular weight is 383 g/mol. The van der Waals surface area contributed by atoms with Crippen LogP contribution < -0.4 is 10.2 Å². The lowest BCUT2D eigenvalue weighted by molar-refractivity contribution is -0.132. The third-order valence-corrected chi connectivity index (χ3v) is 4.79. The monoisotopic (exact) mass is 382 g/mol. The number of anilines is 1. The number of nitrogens with zero attached hydrogens (tertiary/aromatic N) is 3. The third-order valence-electron chi connectivity index (χ3n) is 3.96. The number of halogens is 2. The van der Waals surface area contributed by atoms with Crippen LogP contribution in [0.25, 0.3) is 0 Å². The van der Waals surface area contributed by atoms with Crippen LogP contribution in [-0.2, 0) is 9.53 Å². The van der Waals surface area contributed by atoms with Gasteiger partial charge in [0, 0.05) is 56.8 Å². The topological polar surface area (TPSA) is 57.7 Å². The van der Waals surface area contributed by atoms with Crippen LogP contribution in [0.5, 0.6) is 0 Å². The van der Waals surface area contributed by atoms with Crippen molar-refractivity contribution in [2.24, 2.45) is 0 Å². The molecule has 0 radical (unpaired) electrons. The second kappa shape index (κ2) is 10.3. The van der Waals surface area contributed by atoms with Crippen LogP contribution in [0.3, 0.4) is 0 Å². The van der Waals surface area contributed by atoms with Gasteiger partial charge < -0.3 is 19.9 Å². The van der Waals surface area contributed by atoms with Gasteiger partial charge in [0.15, 0.2) is 5.13 Å². The minimum atomic E-state index is 0. The quantitative estimate of drug-likeness (QED) is 0.855. The molecule has 0 bridgehead atoms. The lowest BCUT2D eigenvalue weighted by Gasteiger charge is -2.27. The smallest absolute Gasteiger partial charge is 0.224 e. The van der Waals surface area contributed by atoms with Crippen molar-refractivity contribution in [2.75, 3.05) is 50.8 Å². The first-order valence-corrected chi connectivity index (χ1v) is 8.44. The number of aromatic nitrogens is 1. The Balaban J connectivity index is 0.00000132. The molecule has 1 unspecified atom stereocenters. The second-order valence-electron chi connectivity index (χ2n) is 5.47. The molecule has 1 atom stereocenters. The molecule has 0 aromatic carbocycles. The van der Waals surface area contributed by atoms with Crippen LogP contribution in [0.1, 0.15) is 12.8 Å². The molecule has 1 aromatic rings. The molecule has 2 saturated heterocycles. The molecule has 2 fully saturated rings. The molecule has 0 saturated carbocycles. The van der Waals surface area contributed by atoms with Gasteiger partial charge in [-0.2, -0.15) is 0 Å². The highest BCUT2D eigenvalue weighted by Gasteiger charge is 2.23. The van der Waals surface area contributed by atoms with E-state index in [2.05, 4.69) is 15.2 Å². The highest BCUT2D eigenvalue weighted by molar-refractivity contribution is 7.13. The zero-order valence-corrected chi connectivity index (χ0v) is 15.4. The van der Waals surface area contributed by atoms with Crippen molar-refractivity contribution in [1.29, 1.82) is 0 Å². The Labute approximate surface area is 153 Å². The summed E-state index contributed by atoms with van der Waals surface area (Å²) in [4.78, 5) is 21.0. The Bertz CT molecular complexity index is 458. The molecule has 2 aliphatic heterocycles. The van der Waals surface area contributed by atoms with E-state index in [9.17, 15) is 4.79 Å². The van der Waals surface area contributed by atoms with Gasteiger partial charge in [-0.1, -0.05) is 0 Å². The SMILES string of the molecule is Cl.Cl.O=C(CC1COCCN1)N1CCCN(c2nccs2)CC1. The van der Waals surface area contributed by atoms with E-state index >= 15 is 0 Å². The Morgan fingerprint density at radius 3 is 2.91 bits per heavy atom. The van der Waals surface area contributed by atoms with Crippen LogP contribution in [0, 0.1) is 0 Å². The van der Waals surface area contributed by atoms with E-state index < -0.39 is 0 Å². The zero-order valence-electron chi connectivity index (χ0n) is 13.0. The molecule has 1 N–H and O–H groups in total. The summed E-state index contributed by atoms with van der Waals surface area (Å²) in [5, 5.41) is 6.40. The highest BCUT2D eigenvalue weighted by Crippen LogP contribution is 2.19. The number of hydrogen-bond acceptors (Lipinski definition) is 6. The Morgan fingerprint density at radius 1 is 1.35 bits per heavy atom. The van der Waals surface area contributed by atoms with E-state index in [1.54, 1.807) is 11.3 Å². The van der Waals surface area contributed by atoms with E-state index in [0.717, 1.165) is 50.9 Å². The van der Waals surface area contributed by atoms with Crippen molar-refractivity contribution in [2.45, 2.75) is 18.9 Å². The highest BCUT2D eigenvalue weighted by atomic mass is 35.5. The first-order chi connectivity index (χ1) is 10.3. The predicted octanol–water partition coefficient (Wildman–Crippen LogP) is 1.40. The van der Waals surface area contributed by atoms with Gasteiger partial charge in [0.1, 0.15) is 0 Å². The number of nitrogens with one attached hydrogen (secondary N) is 1. The van der Waals surface area contributed by atoms with Crippen LogP contribution in [-0.4, -0.2) is 67.8 Å². The van der Waals surface area contributed by atoms with Crippen LogP contribution >= 0.6 is 36.2 Å². The summed E-state index contributed by atoms with van der Waals surface area (Å²) >= 11 is 1.66.